The van der Waals surface area contributed by atoms with Gasteiger partial charge in [0.2, 0.25) is 0 Å². The summed E-state index contributed by atoms with van der Waals surface area (Å²) in [4.78, 5) is 19.6. The van der Waals surface area contributed by atoms with E-state index in [2.05, 4.69) is 21.6 Å². The summed E-state index contributed by atoms with van der Waals surface area (Å²) in [5, 5.41) is 4.69. The number of likely N-dealkylation sites (tertiary alicyclic amines) is 1. The summed E-state index contributed by atoms with van der Waals surface area (Å²) in [5.41, 5.74) is 1.75. The fourth-order valence-corrected chi connectivity index (χ4v) is 4.26. The second kappa shape index (κ2) is 8.41. The number of amides is 1. The molecule has 152 valence electrons. The van der Waals surface area contributed by atoms with Crippen molar-refractivity contribution < 1.29 is 9.32 Å². The summed E-state index contributed by atoms with van der Waals surface area (Å²) in [6, 6.07) is 7.39. The Balaban J connectivity index is 1.47. The Kier molecular flexibility index (Phi) is 5.72. The monoisotopic (exact) mass is 412 g/mol. The van der Waals surface area contributed by atoms with Gasteiger partial charge in [-0.2, -0.15) is 0 Å². The number of halogens is 1. The molecule has 1 aliphatic rings. The van der Waals surface area contributed by atoms with Crippen LogP contribution in [0.4, 0.5) is 0 Å². The highest BCUT2D eigenvalue weighted by Crippen LogP contribution is 2.32. The predicted molar refractivity (Wildman–Crippen MR) is 112 cm³/mol. The highest BCUT2D eigenvalue weighted by molar-refractivity contribution is 6.33. The minimum absolute atomic E-state index is 0.0333. The Labute approximate surface area is 175 Å². The van der Waals surface area contributed by atoms with Gasteiger partial charge < -0.3 is 14.0 Å². The van der Waals surface area contributed by atoms with Crippen molar-refractivity contribution in [2.24, 2.45) is 5.92 Å². The number of imidazole rings is 1. The second-order valence-corrected chi connectivity index (χ2v) is 7.93. The van der Waals surface area contributed by atoms with Gasteiger partial charge in [-0.05, 0) is 31.7 Å². The molecule has 0 unspecified atom stereocenters. The molecule has 29 heavy (non-hydrogen) atoms. The van der Waals surface area contributed by atoms with Gasteiger partial charge in [0.1, 0.15) is 22.8 Å². The molecule has 7 heteroatoms. The first-order chi connectivity index (χ1) is 14.1. The summed E-state index contributed by atoms with van der Waals surface area (Å²) in [6.07, 6.45) is 6.79. The molecule has 0 spiro atoms. The van der Waals surface area contributed by atoms with Gasteiger partial charge in [0.05, 0.1) is 5.02 Å². The summed E-state index contributed by atoms with van der Waals surface area (Å²) in [7, 11) is 0. The van der Waals surface area contributed by atoms with E-state index in [9.17, 15) is 4.79 Å². The van der Waals surface area contributed by atoms with Crippen molar-refractivity contribution in [3.8, 4) is 11.3 Å². The first kappa shape index (κ1) is 19.7. The van der Waals surface area contributed by atoms with Gasteiger partial charge in [0.15, 0.2) is 0 Å². The van der Waals surface area contributed by atoms with E-state index in [0.29, 0.717) is 28.0 Å². The minimum Gasteiger partial charge on any atom is -0.360 e. The Morgan fingerprint density at radius 2 is 2.03 bits per heavy atom. The van der Waals surface area contributed by atoms with Crippen LogP contribution in [0.3, 0.4) is 0 Å². The molecule has 0 N–H and O–H groups in total. The van der Waals surface area contributed by atoms with Gasteiger partial charge in [0.25, 0.3) is 5.91 Å². The maximum atomic E-state index is 13.3. The normalized spacial score (nSPS) is 15.1. The number of piperidine rings is 1. The van der Waals surface area contributed by atoms with Gasteiger partial charge >= 0.3 is 0 Å². The number of aromatic nitrogens is 3. The standard InChI is InChI=1S/C22H25ClN4O2/c1-3-19-24-10-13-27(19)14-16-8-11-26(12-9-16)22(28)20-15(2)29-25-21(20)17-6-4-5-7-18(17)23/h4-7,10,13,16H,3,8-9,11-12,14H2,1-2H3. The SMILES string of the molecule is CCc1nccn1CC1CCN(C(=O)c2c(-c3ccccc3Cl)noc2C)CC1. The first-order valence-electron chi connectivity index (χ1n) is 10.1. The fourth-order valence-electron chi connectivity index (χ4n) is 4.04. The van der Waals surface area contributed by atoms with Crippen LogP contribution >= 0.6 is 11.6 Å². The molecule has 1 saturated heterocycles. The second-order valence-electron chi connectivity index (χ2n) is 7.53. The first-order valence-corrected chi connectivity index (χ1v) is 10.5. The predicted octanol–water partition coefficient (Wildman–Crippen LogP) is 4.61. The average Bonchev–Trinajstić information content (AvgIpc) is 3.34. The molecule has 1 fully saturated rings. The van der Waals surface area contributed by atoms with E-state index >= 15 is 0 Å². The third-order valence-electron chi connectivity index (χ3n) is 5.68. The number of hydrogen-bond acceptors (Lipinski definition) is 4. The molecular formula is C22H25ClN4O2. The average molecular weight is 413 g/mol. The molecule has 0 radical (unpaired) electrons. The highest BCUT2D eigenvalue weighted by atomic mass is 35.5. The minimum atomic E-state index is -0.0333. The third kappa shape index (κ3) is 3.94. The van der Waals surface area contributed by atoms with Gasteiger partial charge in [-0.1, -0.05) is 41.9 Å². The van der Waals surface area contributed by atoms with Crippen LogP contribution < -0.4 is 0 Å². The van der Waals surface area contributed by atoms with E-state index in [1.165, 1.54) is 0 Å². The van der Waals surface area contributed by atoms with Gasteiger partial charge in [0, 0.05) is 44.0 Å². The fraction of sp³-hybridized carbons (Fsp3) is 0.409. The molecule has 4 rings (SSSR count). The lowest BCUT2D eigenvalue weighted by atomic mass is 9.95. The molecule has 6 nitrogen and oxygen atoms in total. The van der Waals surface area contributed by atoms with Crippen LogP contribution in [0, 0.1) is 12.8 Å². The highest BCUT2D eigenvalue weighted by Gasteiger charge is 2.30. The van der Waals surface area contributed by atoms with Crippen LogP contribution in [0.5, 0.6) is 0 Å². The van der Waals surface area contributed by atoms with E-state index in [1.54, 1.807) is 13.0 Å². The Hall–Kier alpha value is -2.60. The molecular weight excluding hydrogens is 388 g/mol. The molecule has 3 heterocycles. The number of nitrogens with zero attached hydrogens (tertiary/aromatic N) is 4. The smallest absolute Gasteiger partial charge is 0.259 e. The number of benzene rings is 1. The van der Waals surface area contributed by atoms with Gasteiger partial charge in [-0.15, -0.1) is 0 Å². The van der Waals surface area contributed by atoms with Crippen molar-refractivity contribution in [3.05, 3.63) is 58.8 Å². The van der Waals surface area contributed by atoms with Crippen molar-refractivity contribution in [1.82, 2.24) is 19.6 Å². The van der Waals surface area contributed by atoms with Crippen LogP contribution in [0.15, 0.2) is 41.2 Å². The summed E-state index contributed by atoms with van der Waals surface area (Å²) >= 11 is 6.33. The number of hydrogen-bond donors (Lipinski definition) is 0. The number of rotatable bonds is 5. The van der Waals surface area contributed by atoms with Crippen molar-refractivity contribution in [1.29, 1.82) is 0 Å². The van der Waals surface area contributed by atoms with Gasteiger partial charge in [-0.25, -0.2) is 4.98 Å². The van der Waals surface area contributed by atoms with Crippen molar-refractivity contribution >= 4 is 17.5 Å². The molecule has 1 aliphatic heterocycles. The van der Waals surface area contributed by atoms with E-state index < -0.39 is 0 Å². The van der Waals surface area contributed by atoms with E-state index in [0.717, 1.165) is 50.3 Å². The molecule has 1 amide bonds. The van der Waals surface area contributed by atoms with Crippen LogP contribution in [0.25, 0.3) is 11.3 Å². The molecule has 0 saturated carbocycles. The molecule has 0 bridgehead atoms. The quantitative estimate of drug-likeness (QED) is 0.613. The Morgan fingerprint density at radius 3 is 2.76 bits per heavy atom. The summed E-state index contributed by atoms with van der Waals surface area (Å²) < 4.78 is 7.61. The van der Waals surface area contributed by atoms with Crippen LogP contribution in [-0.2, 0) is 13.0 Å². The maximum Gasteiger partial charge on any atom is 0.259 e. The lowest BCUT2D eigenvalue weighted by molar-refractivity contribution is 0.0681. The Bertz CT molecular complexity index is 1000. The zero-order chi connectivity index (χ0) is 20.4. The summed E-state index contributed by atoms with van der Waals surface area (Å²) in [6.45, 7) is 6.32. The molecule has 0 aliphatic carbocycles. The Morgan fingerprint density at radius 1 is 1.28 bits per heavy atom. The lowest BCUT2D eigenvalue weighted by Gasteiger charge is -2.32. The van der Waals surface area contributed by atoms with Crippen molar-refractivity contribution in [2.75, 3.05) is 13.1 Å². The van der Waals surface area contributed by atoms with Crippen LogP contribution in [-0.4, -0.2) is 38.6 Å². The molecule has 2 aromatic heterocycles. The van der Waals surface area contributed by atoms with Crippen LogP contribution in [0.2, 0.25) is 5.02 Å². The topological polar surface area (TPSA) is 64.2 Å². The molecule has 3 aromatic rings. The van der Waals surface area contributed by atoms with Crippen molar-refractivity contribution in [2.45, 2.75) is 39.7 Å². The third-order valence-corrected chi connectivity index (χ3v) is 6.01. The van der Waals surface area contributed by atoms with E-state index in [4.69, 9.17) is 16.1 Å². The zero-order valence-electron chi connectivity index (χ0n) is 16.8. The number of carbonyl (C=O) groups is 1. The number of carbonyl (C=O) groups excluding carboxylic acids is 1. The number of aryl methyl sites for hydroxylation is 2. The van der Waals surface area contributed by atoms with E-state index in [1.807, 2.05) is 35.5 Å². The maximum absolute atomic E-state index is 13.3. The van der Waals surface area contributed by atoms with Gasteiger partial charge in [-0.3, -0.25) is 4.79 Å². The summed E-state index contributed by atoms with van der Waals surface area (Å²) in [5.74, 6) is 2.16. The largest absolute Gasteiger partial charge is 0.360 e. The van der Waals surface area contributed by atoms with E-state index in [-0.39, 0.29) is 5.91 Å². The van der Waals surface area contributed by atoms with Crippen molar-refractivity contribution in [3.63, 3.8) is 0 Å². The lowest BCUT2D eigenvalue weighted by Crippen LogP contribution is -2.39. The van der Waals surface area contributed by atoms with Crippen LogP contribution in [0.1, 0.15) is 41.7 Å². The molecule has 1 aromatic carbocycles. The molecule has 0 atom stereocenters. The zero-order valence-corrected chi connectivity index (χ0v) is 17.5.